The molecule has 1 saturated heterocycles. The molecule has 0 saturated carbocycles. The molecular weight excluding hydrogens is 390 g/mol. The van der Waals surface area contributed by atoms with Crippen LogP contribution in [-0.4, -0.2) is 61.5 Å². The van der Waals surface area contributed by atoms with E-state index in [0.29, 0.717) is 23.2 Å². The van der Waals surface area contributed by atoms with Crippen LogP contribution in [0.3, 0.4) is 0 Å². The molecule has 9 nitrogen and oxygen atoms in total. The third kappa shape index (κ3) is 3.91. The summed E-state index contributed by atoms with van der Waals surface area (Å²) in [7, 11) is 0.372. The van der Waals surface area contributed by atoms with E-state index in [0.717, 1.165) is 36.4 Å². The number of H-pyrrole nitrogens is 1. The predicted molar refractivity (Wildman–Crippen MR) is 114 cm³/mol. The highest BCUT2D eigenvalue weighted by Crippen LogP contribution is 2.30. The van der Waals surface area contributed by atoms with Crippen molar-refractivity contribution < 1.29 is 8.42 Å². The molecule has 0 spiro atoms. The van der Waals surface area contributed by atoms with Crippen LogP contribution in [0.4, 0.5) is 17.5 Å². The number of anilines is 3. The van der Waals surface area contributed by atoms with Gasteiger partial charge < -0.3 is 20.1 Å². The second-order valence-corrected chi connectivity index (χ2v) is 9.14. The fourth-order valence-corrected chi connectivity index (χ4v) is 4.50. The molecule has 1 atom stereocenters. The highest BCUT2D eigenvalue weighted by Gasteiger charge is 2.27. The van der Waals surface area contributed by atoms with Crippen molar-refractivity contribution in [1.82, 2.24) is 19.9 Å². The molecule has 154 valence electrons. The molecular formula is C19H25N7O2S. The number of primary sulfonamides is 1. The Bertz CT molecular complexity index is 1160. The SMILES string of the molecule is Cc1ccc(Nc2nc(N3CC[C@@H](N(C)C)C3)c3cc[nH]c3n2)cc1S(N)(=O)=O. The van der Waals surface area contributed by atoms with Gasteiger partial charge in [0.05, 0.1) is 10.3 Å². The molecule has 2 aromatic heterocycles. The van der Waals surface area contributed by atoms with Gasteiger partial charge in [-0.2, -0.15) is 9.97 Å². The Morgan fingerprint density at radius 1 is 1.28 bits per heavy atom. The van der Waals surface area contributed by atoms with Crippen molar-refractivity contribution >= 4 is 38.5 Å². The van der Waals surface area contributed by atoms with Gasteiger partial charge in [0.2, 0.25) is 16.0 Å². The average molecular weight is 416 g/mol. The van der Waals surface area contributed by atoms with Gasteiger partial charge in [0.15, 0.2) is 0 Å². The normalized spacial score (nSPS) is 17.4. The predicted octanol–water partition coefficient (Wildman–Crippen LogP) is 1.80. The molecule has 1 fully saturated rings. The summed E-state index contributed by atoms with van der Waals surface area (Å²) in [5, 5.41) is 9.41. The van der Waals surface area contributed by atoms with Gasteiger partial charge in [-0.25, -0.2) is 13.6 Å². The van der Waals surface area contributed by atoms with Gasteiger partial charge in [-0.15, -0.1) is 0 Å². The number of likely N-dealkylation sites (N-methyl/N-ethyl adjacent to an activating group) is 1. The molecule has 10 heteroatoms. The highest BCUT2D eigenvalue weighted by molar-refractivity contribution is 7.89. The van der Waals surface area contributed by atoms with Crippen LogP contribution in [0.1, 0.15) is 12.0 Å². The summed E-state index contributed by atoms with van der Waals surface area (Å²) < 4.78 is 23.6. The number of rotatable bonds is 5. The van der Waals surface area contributed by atoms with Gasteiger partial charge in [0.25, 0.3) is 0 Å². The number of benzene rings is 1. The molecule has 29 heavy (non-hydrogen) atoms. The first-order valence-corrected chi connectivity index (χ1v) is 10.9. The minimum atomic E-state index is -3.81. The van der Waals surface area contributed by atoms with Crippen molar-refractivity contribution in [2.45, 2.75) is 24.3 Å². The van der Waals surface area contributed by atoms with Crippen LogP contribution in [-0.2, 0) is 10.0 Å². The topological polar surface area (TPSA) is 120 Å². The second kappa shape index (κ2) is 7.29. The largest absolute Gasteiger partial charge is 0.354 e. The molecule has 1 aliphatic heterocycles. The van der Waals surface area contributed by atoms with Crippen molar-refractivity contribution in [3.05, 3.63) is 36.0 Å². The Kier molecular flexibility index (Phi) is 4.93. The molecule has 0 bridgehead atoms. The Morgan fingerprint density at radius 2 is 2.07 bits per heavy atom. The standard InChI is InChI=1S/C19H25N7O2S/c1-12-4-5-13(10-16(12)29(20,27)28)22-19-23-17-15(6-8-21-17)18(24-19)26-9-7-14(11-26)25(2)3/h4-6,8,10,14H,7,9,11H2,1-3H3,(H2,20,27,28)(H2,21,22,23,24)/t14-/m1/s1. The monoisotopic (exact) mass is 415 g/mol. The number of nitrogens with zero attached hydrogens (tertiary/aromatic N) is 4. The van der Waals surface area contributed by atoms with Crippen molar-refractivity contribution in [1.29, 1.82) is 0 Å². The van der Waals surface area contributed by atoms with E-state index in [9.17, 15) is 8.42 Å². The van der Waals surface area contributed by atoms with Crippen molar-refractivity contribution in [3.63, 3.8) is 0 Å². The van der Waals surface area contributed by atoms with Crippen LogP contribution in [0.2, 0.25) is 0 Å². The van der Waals surface area contributed by atoms with E-state index in [1.807, 2.05) is 12.3 Å². The molecule has 1 aliphatic rings. The van der Waals surface area contributed by atoms with Gasteiger partial charge in [-0.05, 0) is 51.2 Å². The number of hydrogen-bond donors (Lipinski definition) is 3. The summed E-state index contributed by atoms with van der Waals surface area (Å²) in [6.45, 7) is 3.52. The summed E-state index contributed by atoms with van der Waals surface area (Å²) in [5.74, 6) is 1.26. The number of aromatic nitrogens is 3. The van der Waals surface area contributed by atoms with Gasteiger partial charge >= 0.3 is 0 Å². The molecule has 0 unspecified atom stereocenters. The summed E-state index contributed by atoms with van der Waals surface area (Å²) in [6.07, 6.45) is 2.92. The van der Waals surface area contributed by atoms with E-state index in [4.69, 9.17) is 10.1 Å². The van der Waals surface area contributed by atoms with Gasteiger partial charge in [0, 0.05) is 31.0 Å². The second-order valence-electron chi connectivity index (χ2n) is 7.61. The minimum Gasteiger partial charge on any atom is -0.354 e. The maximum absolute atomic E-state index is 11.8. The summed E-state index contributed by atoms with van der Waals surface area (Å²) in [6, 6.07) is 7.44. The fraction of sp³-hybridized carbons (Fsp3) is 0.368. The molecule has 1 aromatic carbocycles. The lowest BCUT2D eigenvalue weighted by Gasteiger charge is -2.22. The van der Waals surface area contributed by atoms with Crippen LogP contribution in [0.15, 0.2) is 35.4 Å². The maximum Gasteiger partial charge on any atom is 0.238 e. The quantitative estimate of drug-likeness (QED) is 0.581. The van der Waals surface area contributed by atoms with E-state index in [1.54, 1.807) is 19.1 Å². The third-order valence-corrected chi connectivity index (χ3v) is 6.39. The zero-order chi connectivity index (χ0) is 20.8. The molecule has 0 radical (unpaired) electrons. The Labute approximate surface area is 170 Å². The van der Waals surface area contributed by atoms with Gasteiger partial charge in [-0.3, -0.25) is 0 Å². The third-order valence-electron chi connectivity index (χ3n) is 5.34. The van der Waals surface area contributed by atoms with Gasteiger partial charge in [-0.1, -0.05) is 6.07 Å². The summed E-state index contributed by atoms with van der Waals surface area (Å²) in [5.41, 5.74) is 1.87. The van der Waals surface area contributed by atoms with Crippen molar-refractivity contribution in [2.24, 2.45) is 5.14 Å². The van der Waals surface area contributed by atoms with E-state index in [-0.39, 0.29) is 4.90 Å². The molecule has 3 heterocycles. The smallest absolute Gasteiger partial charge is 0.238 e. The molecule has 3 aromatic rings. The molecule has 4 N–H and O–H groups in total. The van der Waals surface area contributed by atoms with Crippen LogP contribution in [0.25, 0.3) is 11.0 Å². The average Bonchev–Trinajstić information content (AvgIpc) is 3.31. The highest BCUT2D eigenvalue weighted by atomic mass is 32.2. The number of hydrogen-bond acceptors (Lipinski definition) is 7. The number of aromatic amines is 1. The Hall–Kier alpha value is -2.69. The first kappa shape index (κ1) is 19.6. The van der Waals surface area contributed by atoms with E-state index < -0.39 is 10.0 Å². The Balaban J connectivity index is 1.69. The van der Waals surface area contributed by atoms with Crippen molar-refractivity contribution in [2.75, 3.05) is 37.4 Å². The Morgan fingerprint density at radius 3 is 2.76 bits per heavy atom. The van der Waals surface area contributed by atoms with Crippen molar-refractivity contribution in [3.8, 4) is 0 Å². The number of fused-ring (bicyclic) bond motifs is 1. The first-order chi connectivity index (χ1) is 13.7. The van der Waals surface area contributed by atoms with Crippen LogP contribution < -0.4 is 15.4 Å². The van der Waals surface area contributed by atoms with Crippen LogP contribution >= 0.6 is 0 Å². The number of nitrogens with two attached hydrogens (primary N) is 1. The number of aryl methyl sites for hydroxylation is 1. The zero-order valence-corrected chi connectivity index (χ0v) is 17.5. The zero-order valence-electron chi connectivity index (χ0n) is 16.7. The van der Waals surface area contributed by atoms with E-state index in [1.165, 1.54) is 6.07 Å². The lowest BCUT2D eigenvalue weighted by molar-refractivity contribution is 0.315. The summed E-state index contributed by atoms with van der Waals surface area (Å²) in [4.78, 5) is 17.0. The lowest BCUT2D eigenvalue weighted by Crippen LogP contribution is -2.31. The lowest BCUT2D eigenvalue weighted by atomic mass is 10.2. The summed E-state index contributed by atoms with van der Waals surface area (Å²) >= 11 is 0. The van der Waals surface area contributed by atoms with Crippen LogP contribution in [0, 0.1) is 6.92 Å². The molecule has 0 aliphatic carbocycles. The van der Waals surface area contributed by atoms with E-state index >= 15 is 0 Å². The molecule has 0 amide bonds. The van der Waals surface area contributed by atoms with E-state index in [2.05, 4.69) is 39.2 Å². The number of nitrogens with one attached hydrogen (secondary N) is 2. The first-order valence-electron chi connectivity index (χ1n) is 9.39. The van der Waals surface area contributed by atoms with Gasteiger partial charge in [0.1, 0.15) is 11.5 Å². The molecule has 4 rings (SSSR count). The fourth-order valence-electron chi connectivity index (χ4n) is 3.69. The maximum atomic E-state index is 11.8. The minimum absolute atomic E-state index is 0.0806. The van der Waals surface area contributed by atoms with Crippen LogP contribution in [0.5, 0.6) is 0 Å². The number of sulfonamides is 1.